The molecule has 2 heterocycles. The first-order chi connectivity index (χ1) is 22.7. The van der Waals surface area contributed by atoms with Crippen molar-refractivity contribution in [2.75, 3.05) is 52.9 Å². The lowest BCUT2D eigenvalue weighted by molar-refractivity contribution is -0.169. The van der Waals surface area contributed by atoms with Crippen molar-refractivity contribution < 1.29 is 47.7 Å². The van der Waals surface area contributed by atoms with Gasteiger partial charge in [0.05, 0.1) is 36.2 Å². The second-order valence-corrected chi connectivity index (χ2v) is 12.4. The van der Waals surface area contributed by atoms with Crippen LogP contribution in [0.2, 0.25) is 20.1 Å². The highest BCUT2D eigenvalue weighted by atomic mass is 35.5. The topological polar surface area (TPSA) is 152 Å². The number of nitrogens with zero attached hydrogens (tertiary/aromatic N) is 4. The molecule has 14 nitrogen and oxygen atoms in total. The van der Waals surface area contributed by atoms with Crippen molar-refractivity contribution in [1.29, 1.82) is 0 Å². The summed E-state index contributed by atoms with van der Waals surface area (Å²) in [6, 6.07) is 8.02. The summed E-state index contributed by atoms with van der Waals surface area (Å²) in [4.78, 5) is 80.5. The smallest absolute Gasteiger partial charge is 0.345 e. The second-order valence-electron chi connectivity index (χ2n) is 10.7. The number of benzene rings is 2. The van der Waals surface area contributed by atoms with Crippen molar-refractivity contribution in [1.82, 2.24) is 19.6 Å². The van der Waals surface area contributed by atoms with Crippen molar-refractivity contribution >= 4 is 82.0 Å². The van der Waals surface area contributed by atoms with Crippen molar-refractivity contribution in [2.45, 2.75) is 25.9 Å². The maximum absolute atomic E-state index is 12.8. The third kappa shape index (κ3) is 9.71. The van der Waals surface area contributed by atoms with Gasteiger partial charge in [-0.05, 0) is 50.2 Å². The largest absolute Gasteiger partial charge is 0.480 e. The summed E-state index contributed by atoms with van der Waals surface area (Å²) < 4.78 is 20.7. The number of hydrogen-bond acceptors (Lipinski definition) is 12. The van der Waals surface area contributed by atoms with Crippen molar-refractivity contribution in [2.24, 2.45) is 0 Å². The van der Waals surface area contributed by atoms with Crippen LogP contribution >= 0.6 is 46.4 Å². The lowest BCUT2D eigenvalue weighted by Gasteiger charge is -2.43. The number of piperazine rings is 2. The molecule has 48 heavy (non-hydrogen) atoms. The highest BCUT2D eigenvalue weighted by molar-refractivity contribution is 6.36. The molecular weight excluding hydrogens is 718 g/mol. The summed E-state index contributed by atoms with van der Waals surface area (Å²) >= 11 is 23.7. The van der Waals surface area contributed by atoms with E-state index in [2.05, 4.69) is 0 Å². The van der Waals surface area contributed by atoms with Gasteiger partial charge in [-0.2, -0.15) is 0 Å². The summed E-state index contributed by atoms with van der Waals surface area (Å²) in [5.74, 6) is -3.63. The van der Waals surface area contributed by atoms with Crippen LogP contribution in [0.3, 0.4) is 0 Å². The van der Waals surface area contributed by atoms with E-state index < -0.39 is 74.3 Å². The maximum atomic E-state index is 12.8. The van der Waals surface area contributed by atoms with E-state index in [0.717, 1.165) is 9.80 Å². The van der Waals surface area contributed by atoms with Gasteiger partial charge in [0.2, 0.25) is 23.6 Å². The van der Waals surface area contributed by atoms with Gasteiger partial charge < -0.3 is 18.9 Å². The van der Waals surface area contributed by atoms with Gasteiger partial charge in [0, 0.05) is 22.1 Å². The minimum Gasteiger partial charge on any atom is -0.480 e. The SMILES string of the molecule is C[C@H]([C@H](C)N1CC(=O)N(COC(=O)COc2ccc(Cl)cc2Cl)C(=O)C1)N1CC(=O)N(COC(=O)COc2ccc(Cl)cc2Cl)C(=O)C1. The molecule has 2 aromatic carbocycles. The Morgan fingerprint density at radius 1 is 0.625 bits per heavy atom. The number of carbonyl (C=O) groups is 6. The fraction of sp³-hybridized carbons (Fsp3) is 0.400. The standard InChI is InChI=1S/C30H30Cl4N4O10/c1-17(35-9-25(39)37(26(40)10-35)15-47-29(43)13-45-23-5-3-19(31)7-21(23)33)18(2)36-11-27(41)38(28(42)12-36)16-48-30(44)14-46-24-6-4-20(32)8-22(24)34/h3-8,17-18H,9-16H2,1-2H3/t17-,18+. The molecule has 2 aliphatic heterocycles. The van der Waals surface area contributed by atoms with Crippen LogP contribution in [-0.4, -0.2) is 120 Å². The minimum atomic E-state index is -0.828. The minimum absolute atomic E-state index is 0.174. The molecule has 0 aromatic heterocycles. The second kappa shape index (κ2) is 16.6. The van der Waals surface area contributed by atoms with Crippen LogP contribution in [0.5, 0.6) is 11.5 Å². The molecule has 2 saturated heterocycles. The summed E-state index contributed by atoms with van der Waals surface area (Å²) in [5, 5.41) is 1.17. The Hall–Kier alpha value is -3.66. The van der Waals surface area contributed by atoms with Gasteiger partial charge in [-0.1, -0.05) is 46.4 Å². The van der Waals surface area contributed by atoms with Gasteiger partial charge in [-0.3, -0.25) is 29.0 Å². The molecule has 0 radical (unpaired) electrons. The monoisotopic (exact) mass is 746 g/mol. The molecule has 18 heteroatoms. The van der Waals surface area contributed by atoms with E-state index in [1.165, 1.54) is 36.4 Å². The number of amides is 4. The summed E-state index contributed by atoms with van der Waals surface area (Å²) in [6.07, 6.45) is 0. The zero-order valence-electron chi connectivity index (χ0n) is 25.7. The predicted octanol–water partition coefficient (Wildman–Crippen LogP) is 2.88. The number of rotatable bonds is 13. The Bertz CT molecular complexity index is 1440. The normalized spacial score (nSPS) is 17.3. The molecular formula is C30H30Cl4N4O10. The van der Waals surface area contributed by atoms with Crippen molar-refractivity contribution in [3.8, 4) is 11.5 Å². The summed E-state index contributed by atoms with van der Waals surface area (Å²) in [7, 11) is 0. The molecule has 4 amide bonds. The average Bonchev–Trinajstić information content (AvgIpc) is 3.02. The van der Waals surface area contributed by atoms with E-state index in [4.69, 9.17) is 65.4 Å². The zero-order valence-corrected chi connectivity index (χ0v) is 28.7. The average molecular weight is 748 g/mol. The fourth-order valence-corrected chi connectivity index (χ4v) is 5.64. The van der Waals surface area contributed by atoms with Crippen LogP contribution < -0.4 is 9.47 Å². The predicted molar refractivity (Wildman–Crippen MR) is 172 cm³/mol. The molecule has 2 atom stereocenters. The first-order valence-electron chi connectivity index (χ1n) is 14.3. The first kappa shape index (κ1) is 37.2. The Morgan fingerprint density at radius 2 is 0.958 bits per heavy atom. The Labute approximate surface area is 295 Å². The lowest BCUT2D eigenvalue weighted by Crippen LogP contribution is -2.63. The van der Waals surface area contributed by atoms with E-state index in [1.54, 1.807) is 23.6 Å². The fourth-order valence-electron chi connectivity index (χ4n) is 4.71. The molecule has 0 aliphatic carbocycles. The highest BCUT2D eigenvalue weighted by Crippen LogP contribution is 2.28. The lowest BCUT2D eigenvalue weighted by atomic mass is 10.1. The van der Waals surface area contributed by atoms with Gasteiger partial charge in [0.15, 0.2) is 26.7 Å². The van der Waals surface area contributed by atoms with Crippen LogP contribution in [0.15, 0.2) is 36.4 Å². The van der Waals surface area contributed by atoms with Crippen LogP contribution in [-0.2, 0) is 38.2 Å². The molecule has 0 N–H and O–H groups in total. The van der Waals surface area contributed by atoms with Crippen LogP contribution in [0.25, 0.3) is 0 Å². The molecule has 2 fully saturated rings. The quantitative estimate of drug-likeness (QED) is 0.219. The molecule has 2 aromatic rings. The third-order valence-electron chi connectivity index (χ3n) is 7.60. The van der Waals surface area contributed by atoms with Gasteiger partial charge in [-0.25, -0.2) is 19.4 Å². The number of hydrogen-bond donors (Lipinski definition) is 0. The Morgan fingerprint density at radius 3 is 1.27 bits per heavy atom. The van der Waals surface area contributed by atoms with E-state index >= 15 is 0 Å². The van der Waals surface area contributed by atoms with Gasteiger partial charge in [-0.15, -0.1) is 0 Å². The molecule has 0 saturated carbocycles. The number of ether oxygens (including phenoxy) is 4. The van der Waals surface area contributed by atoms with Crippen molar-refractivity contribution in [3.63, 3.8) is 0 Å². The van der Waals surface area contributed by atoms with Gasteiger partial charge in [0.1, 0.15) is 11.5 Å². The molecule has 4 rings (SSSR count). The molecule has 0 bridgehead atoms. The summed E-state index contributed by atoms with van der Waals surface area (Å²) in [6.45, 7) is 0.607. The Balaban J connectivity index is 1.21. The molecule has 258 valence electrons. The molecule has 0 spiro atoms. The van der Waals surface area contributed by atoms with Gasteiger partial charge in [0.25, 0.3) is 0 Å². The van der Waals surface area contributed by atoms with E-state index in [-0.39, 0.29) is 47.7 Å². The van der Waals surface area contributed by atoms with Crippen LogP contribution in [0.1, 0.15) is 13.8 Å². The van der Waals surface area contributed by atoms with Gasteiger partial charge >= 0.3 is 11.9 Å². The highest BCUT2D eigenvalue weighted by Gasteiger charge is 2.40. The number of esters is 2. The molecule has 0 unspecified atom stereocenters. The number of imide groups is 2. The van der Waals surface area contributed by atoms with E-state index in [1.807, 2.05) is 0 Å². The van der Waals surface area contributed by atoms with Crippen LogP contribution in [0, 0.1) is 0 Å². The Kier molecular flexibility index (Phi) is 12.9. The number of carbonyl (C=O) groups excluding carboxylic acids is 6. The van der Waals surface area contributed by atoms with E-state index in [0.29, 0.717) is 10.0 Å². The van der Waals surface area contributed by atoms with E-state index in [9.17, 15) is 28.8 Å². The first-order valence-corrected chi connectivity index (χ1v) is 15.9. The molecule has 2 aliphatic rings. The maximum Gasteiger partial charge on any atom is 0.345 e. The summed E-state index contributed by atoms with van der Waals surface area (Å²) in [5.41, 5.74) is 0. The van der Waals surface area contributed by atoms with Crippen molar-refractivity contribution in [3.05, 3.63) is 56.5 Å². The number of halogens is 4. The zero-order chi connectivity index (χ0) is 35.1. The third-order valence-corrected chi connectivity index (χ3v) is 8.66. The van der Waals surface area contributed by atoms with Crippen LogP contribution in [0.4, 0.5) is 0 Å².